The zero-order chi connectivity index (χ0) is 17.2. The molecule has 0 fully saturated rings. The van der Waals surface area contributed by atoms with Crippen LogP contribution in [0.15, 0.2) is 59.1 Å². The van der Waals surface area contributed by atoms with E-state index in [4.69, 9.17) is 9.26 Å². The molecule has 0 N–H and O–H groups in total. The molecule has 0 saturated heterocycles. The van der Waals surface area contributed by atoms with Gasteiger partial charge in [-0.3, -0.25) is 0 Å². The molecular weight excluding hydrogens is 314 g/mol. The molecule has 0 unspecified atom stereocenters. The van der Waals surface area contributed by atoms with Gasteiger partial charge in [-0.25, -0.2) is 4.98 Å². The third-order valence-electron chi connectivity index (χ3n) is 3.91. The Hall–Kier alpha value is -3.21. The molecule has 5 nitrogen and oxygen atoms in total. The van der Waals surface area contributed by atoms with Crippen molar-refractivity contribution < 1.29 is 9.26 Å². The van der Waals surface area contributed by atoms with Crippen LogP contribution in [0.1, 0.15) is 12.5 Å². The van der Waals surface area contributed by atoms with E-state index >= 15 is 0 Å². The summed E-state index contributed by atoms with van der Waals surface area (Å²) in [6, 6.07) is 17.8. The van der Waals surface area contributed by atoms with Gasteiger partial charge in [0.1, 0.15) is 0 Å². The maximum Gasteiger partial charge on any atom is 0.258 e. The first-order valence-corrected chi connectivity index (χ1v) is 8.18. The third-order valence-corrected chi connectivity index (χ3v) is 3.91. The first-order chi connectivity index (χ1) is 12.2. The van der Waals surface area contributed by atoms with E-state index in [1.54, 1.807) is 0 Å². The highest BCUT2D eigenvalue weighted by molar-refractivity contribution is 5.85. The van der Waals surface area contributed by atoms with Crippen molar-refractivity contribution in [2.24, 2.45) is 0 Å². The van der Waals surface area contributed by atoms with Crippen molar-refractivity contribution in [2.75, 3.05) is 6.61 Å². The van der Waals surface area contributed by atoms with Gasteiger partial charge in [0, 0.05) is 10.9 Å². The van der Waals surface area contributed by atoms with E-state index in [0.29, 0.717) is 24.2 Å². The van der Waals surface area contributed by atoms with Crippen LogP contribution in [0.3, 0.4) is 0 Å². The number of nitrogens with zero attached hydrogens (tertiary/aromatic N) is 3. The molecule has 2 heterocycles. The van der Waals surface area contributed by atoms with E-state index in [9.17, 15) is 0 Å². The fraction of sp³-hybridized carbons (Fsp3) is 0.150. The Morgan fingerprint density at radius 1 is 1.00 bits per heavy atom. The number of pyridine rings is 1. The molecule has 2 aromatic heterocycles. The fourth-order valence-corrected chi connectivity index (χ4v) is 2.70. The van der Waals surface area contributed by atoms with Gasteiger partial charge in [-0.15, -0.1) is 0 Å². The van der Waals surface area contributed by atoms with Gasteiger partial charge in [-0.1, -0.05) is 35.5 Å². The van der Waals surface area contributed by atoms with Crippen LogP contribution in [0.2, 0.25) is 0 Å². The Kier molecular flexibility index (Phi) is 3.90. The molecule has 0 radical (unpaired) electrons. The van der Waals surface area contributed by atoms with Crippen LogP contribution >= 0.6 is 0 Å². The lowest BCUT2D eigenvalue weighted by molar-refractivity contribution is 0.329. The number of ether oxygens (including phenoxy) is 1. The molecule has 0 atom stereocenters. The molecule has 4 aromatic rings. The van der Waals surface area contributed by atoms with E-state index < -0.39 is 0 Å². The number of aryl methyl sites for hydroxylation is 1. The first-order valence-electron chi connectivity index (χ1n) is 8.18. The number of rotatable bonds is 4. The lowest BCUT2D eigenvalue weighted by Crippen LogP contribution is -1.98. The zero-order valence-electron chi connectivity index (χ0n) is 14.1. The minimum atomic E-state index is 0.470. The van der Waals surface area contributed by atoms with Crippen molar-refractivity contribution in [1.29, 1.82) is 0 Å². The first kappa shape index (κ1) is 15.3. The summed E-state index contributed by atoms with van der Waals surface area (Å²) in [6.45, 7) is 4.49. The van der Waals surface area contributed by atoms with Gasteiger partial charge in [-0.2, -0.15) is 4.98 Å². The quantitative estimate of drug-likeness (QED) is 0.544. The number of fused-ring (bicyclic) bond motifs is 1. The summed E-state index contributed by atoms with van der Waals surface area (Å²) in [6.07, 6.45) is 0. The van der Waals surface area contributed by atoms with Crippen LogP contribution < -0.4 is 4.74 Å². The normalized spacial score (nSPS) is 11.0. The molecule has 2 aromatic carbocycles. The summed E-state index contributed by atoms with van der Waals surface area (Å²) in [4.78, 5) is 9.16. The van der Waals surface area contributed by atoms with Gasteiger partial charge >= 0.3 is 0 Å². The standard InChI is InChI=1S/C20H17N3O2/c1-3-24-20-16(12-15-10-9-13(2)11-17(15)21-20)18-22-19(25-23-18)14-7-5-4-6-8-14/h4-12H,3H2,1-2H3. The highest BCUT2D eigenvalue weighted by Gasteiger charge is 2.17. The fourth-order valence-electron chi connectivity index (χ4n) is 2.70. The molecule has 0 saturated carbocycles. The van der Waals surface area contributed by atoms with Crippen LogP contribution in [0.5, 0.6) is 5.88 Å². The monoisotopic (exact) mass is 331 g/mol. The molecule has 0 aliphatic heterocycles. The maximum absolute atomic E-state index is 5.72. The van der Waals surface area contributed by atoms with E-state index in [1.165, 1.54) is 0 Å². The molecular formula is C20H17N3O2. The summed E-state index contributed by atoms with van der Waals surface area (Å²) in [7, 11) is 0. The van der Waals surface area contributed by atoms with Gasteiger partial charge in [0.15, 0.2) is 0 Å². The molecule has 0 amide bonds. The molecule has 4 rings (SSSR count). The van der Waals surface area contributed by atoms with Crippen LogP contribution in [-0.4, -0.2) is 21.7 Å². The van der Waals surface area contributed by atoms with Crippen LogP contribution in [0, 0.1) is 6.92 Å². The van der Waals surface area contributed by atoms with E-state index in [-0.39, 0.29) is 0 Å². The lowest BCUT2D eigenvalue weighted by atomic mass is 10.1. The number of hydrogen-bond acceptors (Lipinski definition) is 5. The Morgan fingerprint density at radius 3 is 2.64 bits per heavy atom. The number of aromatic nitrogens is 3. The number of hydrogen-bond donors (Lipinski definition) is 0. The van der Waals surface area contributed by atoms with Crippen molar-refractivity contribution in [2.45, 2.75) is 13.8 Å². The molecule has 5 heteroatoms. The van der Waals surface area contributed by atoms with Gasteiger partial charge < -0.3 is 9.26 Å². The molecule has 0 aliphatic rings. The summed E-state index contributed by atoms with van der Waals surface area (Å²) in [5, 5.41) is 5.13. The predicted octanol–water partition coefficient (Wildman–Crippen LogP) is 4.66. The third kappa shape index (κ3) is 2.96. The van der Waals surface area contributed by atoms with Crippen LogP contribution in [-0.2, 0) is 0 Å². The molecule has 0 aliphatic carbocycles. The highest BCUT2D eigenvalue weighted by atomic mass is 16.5. The zero-order valence-corrected chi connectivity index (χ0v) is 14.1. The van der Waals surface area contributed by atoms with Crippen LogP contribution in [0.25, 0.3) is 33.7 Å². The second-order valence-electron chi connectivity index (χ2n) is 5.76. The van der Waals surface area contributed by atoms with Crippen molar-refractivity contribution in [1.82, 2.24) is 15.1 Å². The molecule has 0 spiro atoms. The maximum atomic E-state index is 5.72. The Morgan fingerprint density at radius 2 is 1.84 bits per heavy atom. The van der Waals surface area contributed by atoms with Gasteiger partial charge in [0.05, 0.1) is 17.7 Å². The average molecular weight is 331 g/mol. The van der Waals surface area contributed by atoms with Crippen molar-refractivity contribution in [3.8, 4) is 28.7 Å². The van der Waals surface area contributed by atoms with Gasteiger partial charge in [-0.05, 0) is 43.7 Å². The largest absolute Gasteiger partial charge is 0.477 e. The van der Waals surface area contributed by atoms with Crippen molar-refractivity contribution in [3.63, 3.8) is 0 Å². The Bertz CT molecular complexity index is 1030. The van der Waals surface area contributed by atoms with Crippen LogP contribution in [0.4, 0.5) is 0 Å². The summed E-state index contributed by atoms with van der Waals surface area (Å²) < 4.78 is 11.1. The smallest absolute Gasteiger partial charge is 0.258 e. The van der Waals surface area contributed by atoms with Gasteiger partial charge in [0.2, 0.25) is 11.7 Å². The second kappa shape index (κ2) is 6.36. The minimum absolute atomic E-state index is 0.470. The van der Waals surface area contributed by atoms with E-state index in [2.05, 4.69) is 21.2 Å². The summed E-state index contributed by atoms with van der Waals surface area (Å²) in [5.74, 6) is 1.46. The number of benzene rings is 2. The van der Waals surface area contributed by atoms with E-state index in [1.807, 2.05) is 62.4 Å². The topological polar surface area (TPSA) is 61.0 Å². The van der Waals surface area contributed by atoms with Gasteiger partial charge in [0.25, 0.3) is 5.89 Å². The Labute approximate surface area is 145 Å². The lowest BCUT2D eigenvalue weighted by Gasteiger charge is -2.08. The minimum Gasteiger partial charge on any atom is -0.477 e. The molecule has 124 valence electrons. The van der Waals surface area contributed by atoms with E-state index in [0.717, 1.165) is 27.6 Å². The summed E-state index contributed by atoms with van der Waals surface area (Å²) in [5.41, 5.74) is 3.65. The second-order valence-corrected chi connectivity index (χ2v) is 5.76. The van der Waals surface area contributed by atoms with Crippen molar-refractivity contribution in [3.05, 3.63) is 60.2 Å². The molecule has 0 bridgehead atoms. The molecule has 25 heavy (non-hydrogen) atoms. The average Bonchev–Trinajstić information content (AvgIpc) is 3.12. The van der Waals surface area contributed by atoms with Crippen molar-refractivity contribution >= 4 is 10.9 Å². The summed E-state index contributed by atoms with van der Waals surface area (Å²) >= 11 is 0. The Balaban J connectivity index is 1.84. The highest BCUT2D eigenvalue weighted by Crippen LogP contribution is 2.31. The SMILES string of the molecule is CCOc1nc2cc(C)ccc2cc1-c1noc(-c2ccccc2)n1. The predicted molar refractivity (Wildman–Crippen MR) is 96.4 cm³/mol.